The Balaban J connectivity index is 2.71. The molecule has 0 aliphatic heterocycles. The van der Waals surface area contributed by atoms with E-state index in [0.29, 0.717) is 18.1 Å². The summed E-state index contributed by atoms with van der Waals surface area (Å²) in [5, 5.41) is 3.57. The summed E-state index contributed by atoms with van der Waals surface area (Å²) in [5.41, 5.74) is -0.229. The van der Waals surface area contributed by atoms with Crippen molar-refractivity contribution < 1.29 is 13.2 Å². The zero-order valence-electron chi connectivity index (χ0n) is 15.0. The second-order valence-corrected chi connectivity index (χ2v) is 8.93. The minimum atomic E-state index is -3.49. The lowest BCUT2D eigenvalue weighted by atomic mass is 10.0. The van der Waals surface area contributed by atoms with Crippen LogP contribution in [0.2, 0.25) is 0 Å². The lowest BCUT2D eigenvalue weighted by molar-refractivity contribution is -0.120. The molecule has 0 spiro atoms. The number of nitrogens with one attached hydrogen (secondary N) is 1. The molecule has 1 aromatic rings. The molecule has 0 radical (unpaired) electrons. The van der Waals surface area contributed by atoms with Crippen molar-refractivity contribution in [2.45, 2.75) is 56.5 Å². The number of amides is 1. The first-order chi connectivity index (χ1) is 11.2. The van der Waals surface area contributed by atoms with Crippen molar-refractivity contribution in [1.82, 2.24) is 14.6 Å². The third-order valence-corrected chi connectivity index (χ3v) is 6.74. The molecule has 0 aliphatic rings. The number of hydrogen-bond acceptors (Lipinski definition) is 5. The van der Waals surface area contributed by atoms with Crippen LogP contribution in [0.1, 0.15) is 41.0 Å². The van der Waals surface area contributed by atoms with Gasteiger partial charge in [-0.2, -0.15) is 4.31 Å². The third-order valence-electron chi connectivity index (χ3n) is 3.77. The largest absolute Gasteiger partial charge is 0.351 e. The molecule has 0 aromatic carbocycles. The Morgan fingerprint density at radius 3 is 2.33 bits per heavy atom. The van der Waals surface area contributed by atoms with Crippen molar-refractivity contribution in [2.24, 2.45) is 0 Å². The maximum Gasteiger partial charge on any atom is 0.244 e. The maximum absolute atomic E-state index is 12.4. The average molecular weight is 374 g/mol. The van der Waals surface area contributed by atoms with Crippen LogP contribution < -0.4 is 5.32 Å². The molecule has 0 aliphatic carbocycles. The lowest BCUT2D eigenvalue weighted by Gasteiger charge is -2.24. The standard InChI is InChI=1S/C16H27N3O3S2/c1-6-16(4,5)18-14(20)12-23-15-10-9-13(11-17-15)24(21,22)19(7-2)8-3/h9-11H,6-8,12H2,1-5H3,(H,18,20). The number of aromatic nitrogens is 1. The summed E-state index contributed by atoms with van der Waals surface area (Å²) < 4.78 is 26.1. The summed E-state index contributed by atoms with van der Waals surface area (Å²) in [6.45, 7) is 10.4. The van der Waals surface area contributed by atoms with E-state index >= 15 is 0 Å². The molecule has 1 rings (SSSR count). The number of pyridine rings is 1. The van der Waals surface area contributed by atoms with Gasteiger partial charge in [0.25, 0.3) is 0 Å². The predicted molar refractivity (Wildman–Crippen MR) is 97.6 cm³/mol. The number of thioether (sulfide) groups is 1. The van der Waals surface area contributed by atoms with Crippen molar-refractivity contribution >= 4 is 27.7 Å². The fourth-order valence-corrected chi connectivity index (χ4v) is 4.01. The van der Waals surface area contributed by atoms with Crippen molar-refractivity contribution in [3.05, 3.63) is 18.3 Å². The molecule has 0 fully saturated rings. The van der Waals surface area contributed by atoms with E-state index in [1.54, 1.807) is 19.9 Å². The monoisotopic (exact) mass is 373 g/mol. The van der Waals surface area contributed by atoms with Gasteiger partial charge in [0.1, 0.15) is 4.90 Å². The maximum atomic E-state index is 12.4. The molecule has 1 aromatic heterocycles. The van der Waals surface area contributed by atoms with Gasteiger partial charge in [0, 0.05) is 24.8 Å². The van der Waals surface area contributed by atoms with Gasteiger partial charge < -0.3 is 5.32 Å². The summed E-state index contributed by atoms with van der Waals surface area (Å²) in [5.74, 6) is 0.187. The van der Waals surface area contributed by atoms with E-state index in [1.807, 2.05) is 20.8 Å². The summed E-state index contributed by atoms with van der Waals surface area (Å²) >= 11 is 1.29. The summed E-state index contributed by atoms with van der Waals surface area (Å²) in [6.07, 6.45) is 2.20. The van der Waals surface area contributed by atoms with Gasteiger partial charge in [-0.25, -0.2) is 13.4 Å². The van der Waals surface area contributed by atoms with Crippen LogP contribution in [0, 0.1) is 0 Å². The second kappa shape index (κ2) is 8.82. The molecule has 0 bridgehead atoms. The van der Waals surface area contributed by atoms with Crippen LogP contribution >= 0.6 is 11.8 Å². The summed E-state index contributed by atoms with van der Waals surface area (Å²) in [6, 6.07) is 3.18. The Labute approximate surface area is 149 Å². The number of rotatable bonds is 9. The van der Waals surface area contributed by atoms with Gasteiger partial charge in [-0.15, -0.1) is 0 Å². The highest BCUT2D eigenvalue weighted by Gasteiger charge is 2.22. The van der Waals surface area contributed by atoms with Gasteiger partial charge >= 0.3 is 0 Å². The van der Waals surface area contributed by atoms with Crippen LogP contribution in [0.5, 0.6) is 0 Å². The number of carbonyl (C=O) groups excluding carboxylic acids is 1. The van der Waals surface area contributed by atoms with Crippen molar-refractivity contribution in [3.8, 4) is 0 Å². The number of carbonyl (C=O) groups is 1. The highest BCUT2D eigenvalue weighted by atomic mass is 32.2. The van der Waals surface area contributed by atoms with Gasteiger partial charge in [-0.05, 0) is 32.4 Å². The zero-order valence-corrected chi connectivity index (χ0v) is 16.6. The second-order valence-electron chi connectivity index (χ2n) is 6.00. The number of nitrogens with zero attached hydrogens (tertiary/aromatic N) is 2. The first-order valence-electron chi connectivity index (χ1n) is 8.06. The average Bonchev–Trinajstić information content (AvgIpc) is 2.54. The number of hydrogen-bond donors (Lipinski definition) is 1. The Morgan fingerprint density at radius 1 is 1.25 bits per heavy atom. The minimum absolute atomic E-state index is 0.0616. The predicted octanol–water partition coefficient (Wildman–Crippen LogP) is 2.51. The molecule has 1 amide bonds. The molecule has 1 N–H and O–H groups in total. The van der Waals surface area contributed by atoms with Crippen LogP contribution in [-0.2, 0) is 14.8 Å². The molecule has 0 unspecified atom stereocenters. The number of sulfonamides is 1. The smallest absolute Gasteiger partial charge is 0.244 e. The Kier molecular flexibility index (Phi) is 7.69. The lowest BCUT2D eigenvalue weighted by Crippen LogP contribution is -2.43. The Morgan fingerprint density at radius 2 is 1.88 bits per heavy atom. The van der Waals surface area contributed by atoms with E-state index in [4.69, 9.17) is 0 Å². The van der Waals surface area contributed by atoms with E-state index in [9.17, 15) is 13.2 Å². The first kappa shape index (κ1) is 20.9. The van der Waals surface area contributed by atoms with E-state index in [-0.39, 0.29) is 22.1 Å². The quantitative estimate of drug-likeness (QED) is 0.673. The van der Waals surface area contributed by atoms with Gasteiger partial charge in [0.15, 0.2) is 0 Å². The van der Waals surface area contributed by atoms with Crippen LogP contribution in [0.3, 0.4) is 0 Å². The van der Waals surface area contributed by atoms with E-state index in [1.165, 1.54) is 28.3 Å². The van der Waals surface area contributed by atoms with E-state index in [0.717, 1.165) is 6.42 Å². The van der Waals surface area contributed by atoms with Crippen molar-refractivity contribution in [2.75, 3.05) is 18.8 Å². The van der Waals surface area contributed by atoms with Crippen LogP contribution in [0.15, 0.2) is 28.3 Å². The van der Waals surface area contributed by atoms with Crippen molar-refractivity contribution in [3.63, 3.8) is 0 Å². The fraction of sp³-hybridized carbons (Fsp3) is 0.625. The van der Waals surface area contributed by atoms with Crippen LogP contribution in [-0.4, -0.2) is 48.0 Å². The highest BCUT2D eigenvalue weighted by molar-refractivity contribution is 7.99. The van der Waals surface area contributed by atoms with E-state index in [2.05, 4.69) is 10.3 Å². The topological polar surface area (TPSA) is 79.4 Å². The molecule has 1 heterocycles. The van der Waals surface area contributed by atoms with Crippen LogP contribution in [0.25, 0.3) is 0 Å². The van der Waals surface area contributed by atoms with Gasteiger partial charge in [0.05, 0.1) is 10.8 Å². The fourth-order valence-electron chi connectivity index (χ4n) is 1.96. The highest BCUT2D eigenvalue weighted by Crippen LogP contribution is 2.20. The SMILES string of the molecule is CCN(CC)S(=O)(=O)c1ccc(SCC(=O)NC(C)(C)CC)nc1. The van der Waals surface area contributed by atoms with Crippen LogP contribution in [0.4, 0.5) is 0 Å². The molecule has 0 atom stereocenters. The summed E-state index contributed by atoms with van der Waals surface area (Å²) in [4.78, 5) is 16.3. The first-order valence-corrected chi connectivity index (χ1v) is 10.5. The van der Waals surface area contributed by atoms with E-state index < -0.39 is 10.0 Å². The molecule has 8 heteroatoms. The molecule has 24 heavy (non-hydrogen) atoms. The summed E-state index contributed by atoms with van der Waals surface area (Å²) in [7, 11) is -3.49. The molecule has 0 saturated heterocycles. The van der Waals surface area contributed by atoms with Gasteiger partial charge in [-0.1, -0.05) is 32.5 Å². The molecule has 6 nitrogen and oxygen atoms in total. The van der Waals surface area contributed by atoms with Gasteiger partial charge in [0.2, 0.25) is 15.9 Å². The van der Waals surface area contributed by atoms with Gasteiger partial charge in [-0.3, -0.25) is 4.79 Å². The normalized spacial score (nSPS) is 12.4. The van der Waals surface area contributed by atoms with Crippen molar-refractivity contribution in [1.29, 1.82) is 0 Å². The Bertz CT molecular complexity index is 639. The molecule has 0 saturated carbocycles. The zero-order chi connectivity index (χ0) is 18.4. The molecular weight excluding hydrogens is 346 g/mol. The Hall–Kier alpha value is -1.12. The minimum Gasteiger partial charge on any atom is -0.351 e. The molecule has 136 valence electrons. The molecular formula is C16H27N3O3S2. The third kappa shape index (κ3) is 5.75.